The Labute approximate surface area is 186 Å². The lowest BCUT2D eigenvalue weighted by Crippen LogP contribution is -2.04. The van der Waals surface area contributed by atoms with E-state index in [4.69, 9.17) is 0 Å². The first-order chi connectivity index (χ1) is 15.4. The number of thioether (sulfide) groups is 1. The van der Waals surface area contributed by atoms with Crippen LogP contribution in [0.1, 0.15) is 28.2 Å². The molecule has 0 saturated heterocycles. The van der Waals surface area contributed by atoms with Crippen molar-refractivity contribution in [3.8, 4) is 11.1 Å². The van der Waals surface area contributed by atoms with Crippen molar-refractivity contribution in [3.05, 3.63) is 132 Å². The van der Waals surface area contributed by atoms with Crippen LogP contribution in [0.2, 0.25) is 0 Å². The van der Waals surface area contributed by atoms with Gasteiger partial charge in [0, 0.05) is 17.9 Å². The number of fused-ring (bicyclic) bond motifs is 4. The van der Waals surface area contributed by atoms with E-state index in [9.17, 15) is 0 Å². The molecule has 0 bridgehead atoms. The molecule has 2 heteroatoms. The Morgan fingerprint density at radius 3 is 2.06 bits per heavy atom. The van der Waals surface area contributed by atoms with Crippen LogP contribution in [0, 0.1) is 0 Å². The molecule has 6 rings (SSSR count). The van der Waals surface area contributed by atoms with Gasteiger partial charge in [-0.15, -0.1) is 11.8 Å². The summed E-state index contributed by atoms with van der Waals surface area (Å²) in [4.78, 5) is 4.52. The quantitative estimate of drug-likeness (QED) is 0.274. The monoisotopic (exact) mass is 415 g/mol. The second kappa shape index (κ2) is 7.72. The van der Waals surface area contributed by atoms with Crippen molar-refractivity contribution in [2.24, 2.45) is 0 Å². The number of pyridine rings is 1. The summed E-state index contributed by atoms with van der Waals surface area (Å²) >= 11 is 1.81. The Morgan fingerprint density at radius 2 is 1.32 bits per heavy atom. The van der Waals surface area contributed by atoms with Gasteiger partial charge in [-0.05, 0) is 56.3 Å². The molecule has 0 spiro atoms. The summed E-state index contributed by atoms with van der Waals surface area (Å²) in [6.45, 7) is 0. The highest BCUT2D eigenvalue weighted by Crippen LogP contribution is 2.50. The second-order valence-corrected chi connectivity index (χ2v) is 8.92. The molecule has 1 aliphatic carbocycles. The first kappa shape index (κ1) is 18.4. The molecule has 0 atom stereocenters. The zero-order valence-electron chi connectivity index (χ0n) is 17.0. The molecule has 0 fully saturated rings. The van der Waals surface area contributed by atoms with Crippen LogP contribution in [0.4, 0.5) is 0 Å². The van der Waals surface area contributed by atoms with Gasteiger partial charge < -0.3 is 0 Å². The molecule has 0 N–H and O–H groups in total. The Balaban J connectivity index is 1.56. The Hall–Kier alpha value is -3.36. The van der Waals surface area contributed by atoms with Crippen molar-refractivity contribution in [3.63, 3.8) is 0 Å². The molecule has 1 nitrogen and oxygen atoms in total. The van der Waals surface area contributed by atoms with Crippen molar-refractivity contribution >= 4 is 22.5 Å². The van der Waals surface area contributed by atoms with Crippen LogP contribution in [-0.2, 0) is 5.75 Å². The van der Waals surface area contributed by atoms with E-state index >= 15 is 0 Å². The van der Waals surface area contributed by atoms with Gasteiger partial charge in [-0.1, -0.05) is 91.0 Å². The van der Waals surface area contributed by atoms with Gasteiger partial charge in [0.25, 0.3) is 0 Å². The van der Waals surface area contributed by atoms with Gasteiger partial charge >= 0.3 is 0 Å². The highest BCUT2D eigenvalue weighted by Gasteiger charge is 2.31. The first-order valence-corrected chi connectivity index (χ1v) is 11.6. The van der Waals surface area contributed by atoms with E-state index in [2.05, 4.69) is 102 Å². The van der Waals surface area contributed by atoms with Crippen LogP contribution < -0.4 is 0 Å². The molecule has 0 saturated carbocycles. The lowest BCUT2D eigenvalue weighted by atomic mass is 9.83. The number of hydrogen-bond donors (Lipinski definition) is 0. The third-order valence-electron chi connectivity index (χ3n) is 6.20. The molecule has 0 amide bonds. The molecule has 0 radical (unpaired) electrons. The molecule has 5 aromatic rings. The molecule has 148 valence electrons. The largest absolute Gasteiger partial charge is 0.250 e. The zero-order valence-corrected chi connectivity index (χ0v) is 17.8. The molecule has 0 unspecified atom stereocenters. The standard InChI is InChI=1S/C29H21NS/c1-2-10-22-20(9-1)16-17-21(19-31-27-15-7-8-18-30-27)28(22)29-25-13-5-3-11-23(25)24-12-4-6-14-26(24)29/h1-18,29H,19H2. The third kappa shape index (κ3) is 3.15. The summed E-state index contributed by atoms with van der Waals surface area (Å²) in [5.41, 5.74) is 8.34. The van der Waals surface area contributed by atoms with Crippen LogP contribution in [0.3, 0.4) is 0 Å². The normalized spacial score (nSPS) is 12.6. The van der Waals surface area contributed by atoms with Crippen molar-refractivity contribution < 1.29 is 0 Å². The number of rotatable bonds is 4. The predicted molar refractivity (Wildman–Crippen MR) is 131 cm³/mol. The van der Waals surface area contributed by atoms with Crippen molar-refractivity contribution in [2.45, 2.75) is 16.7 Å². The number of aromatic nitrogens is 1. The minimum Gasteiger partial charge on any atom is -0.250 e. The van der Waals surface area contributed by atoms with Gasteiger partial charge in [0.1, 0.15) is 0 Å². The maximum atomic E-state index is 4.52. The smallest absolute Gasteiger partial charge is 0.0963 e. The Morgan fingerprint density at radius 1 is 0.645 bits per heavy atom. The van der Waals surface area contributed by atoms with E-state index in [0.29, 0.717) is 0 Å². The van der Waals surface area contributed by atoms with E-state index in [1.807, 2.05) is 12.3 Å². The molecular formula is C29H21NS. The third-order valence-corrected chi connectivity index (χ3v) is 7.19. The van der Waals surface area contributed by atoms with Gasteiger partial charge in [-0.2, -0.15) is 0 Å². The SMILES string of the molecule is c1ccc(SCc2ccc3ccccc3c2C2c3ccccc3-c3ccccc32)nc1. The van der Waals surface area contributed by atoms with Crippen LogP contribution in [0.25, 0.3) is 21.9 Å². The Bertz CT molecular complexity index is 1350. The van der Waals surface area contributed by atoms with Crippen LogP contribution in [0.5, 0.6) is 0 Å². The predicted octanol–water partition coefficient (Wildman–Crippen LogP) is 7.69. The van der Waals surface area contributed by atoms with E-state index in [1.165, 1.54) is 44.2 Å². The van der Waals surface area contributed by atoms with E-state index in [0.717, 1.165) is 10.8 Å². The average Bonchev–Trinajstić information content (AvgIpc) is 3.17. The summed E-state index contributed by atoms with van der Waals surface area (Å²) in [6, 6.07) is 37.3. The maximum Gasteiger partial charge on any atom is 0.0963 e. The van der Waals surface area contributed by atoms with Gasteiger partial charge in [0.2, 0.25) is 0 Å². The molecular weight excluding hydrogens is 394 g/mol. The van der Waals surface area contributed by atoms with Crippen LogP contribution in [-0.4, -0.2) is 4.98 Å². The second-order valence-electron chi connectivity index (χ2n) is 7.92. The first-order valence-electron chi connectivity index (χ1n) is 10.6. The fraction of sp³-hybridized carbons (Fsp3) is 0.0690. The summed E-state index contributed by atoms with van der Waals surface area (Å²) in [7, 11) is 0. The van der Waals surface area contributed by atoms with Gasteiger partial charge in [-0.3, -0.25) is 0 Å². The van der Waals surface area contributed by atoms with E-state index in [-0.39, 0.29) is 5.92 Å². The van der Waals surface area contributed by atoms with Crippen molar-refractivity contribution in [2.75, 3.05) is 0 Å². The van der Waals surface area contributed by atoms with Gasteiger partial charge in [-0.25, -0.2) is 4.98 Å². The number of hydrogen-bond acceptors (Lipinski definition) is 2. The van der Waals surface area contributed by atoms with Crippen LogP contribution >= 0.6 is 11.8 Å². The molecule has 1 heterocycles. The summed E-state index contributed by atoms with van der Waals surface area (Å²) in [5, 5.41) is 3.71. The fourth-order valence-corrected chi connectivity index (χ4v) is 5.72. The van der Waals surface area contributed by atoms with Crippen molar-refractivity contribution in [1.82, 2.24) is 4.98 Å². The molecule has 0 aliphatic heterocycles. The minimum atomic E-state index is 0.248. The number of nitrogens with zero attached hydrogens (tertiary/aromatic N) is 1. The Kier molecular flexibility index (Phi) is 4.58. The molecule has 31 heavy (non-hydrogen) atoms. The van der Waals surface area contributed by atoms with Crippen molar-refractivity contribution in [1.29, 1.82) is 0 Å². The molecule has 1 aliphatic rings. The summed E-state index contributed by atoms with van der Waals surface area (Å²) in [6.07, 6.45) is 1.87. The number of benzene rings is 4. The minimum absolute atomic E-state index is 0.248. The highest BCUT2D eigenvalue weighted by atomic mass is 32.2. The fourth-order valence-electron chi connectivity index (χ4n) is 4.86. The highest BCUT2D eigenvalue weighted by molar-refractivity contribution is 7.98. The molecule has 4 aromatic carbocycles. The van der Waals surface area contributed by atoms with Gasteiger partial charge in [0.15, 0.2) is 0 Å². The maximum absolute atomic E-state index is 4.52. The molecule has 1 aromatic heterocycles. The summed E-state index contributed by atoms with van der Waals surface area (Å²) < 4.78 is 0. The zero-order chi connectivity index (χ0) is 20.6. The van der Waals surface area contributed by atoms with E-state index < -0.39 is 0 Å². The lowest BCUT2D eigenvalue weighted by Gasteiger charge is -2.21. The average molecular weight is 416 g/mol. The lowest BCUT2D eigenvalue weighted by molar-refractivity contribution is 1.01. The van der Waals surface area contributed by atoms with Gasteiger partial charge in [0.05, 0.1) is 5.03 Å². The van der Waals surface area contributed by atoms with E-state index in [1.54, 1.807) is 11.8 Å². The topological polar surface area (TPSA) is 12.9 Å². The van der Waals surface area contributed by atoms with Crippen LogP contribution in [0.15, 0.2) is 114 Å². The summed E-state index contributed by atoms with van der Waals surface area (Å²) in [5.74, 6) is 1.15.